The quantitative estimate of drug-likeness (QED) is 0.607. The van der Waals surface area contributed by atoms with Crippen LogP contribution in [-0.4, -0.2) is 11.3 Å². The maximum absolute atomic E-state index is 7.72. The second-order valence-corrected chi connectivity index (χ2v) is 4.29. The highest BCUT2D eigenvalue weighted by atomic mass is 32.2. The van der Waals surface area contributed by atoms with Crippen LogP contribution in [0.15, 0.2) is 54.6 Å². The van der Waals surface area contributed by atoms with Crippen LogP contribution < -0.4 is 0 Å². The Balaban J connectivity index is 2.30. The Kier molecular flexibility index (Phi) is 3.42. The molecule has 0 saturated carbocycles. The molecule has 0 fully saturated rings. The van der Waals surface area contributed by atoms with Gasteiger partial charge in [-0.05, 0) is 17.4 Å². The average molecular weight is 227 g/mol. The van der Waals surface area contributed by atoms with Gasteiger partial charge in [0.1, 0.15) is 0 Å². The van der Waals surface area contributed by atoms with Gasteiger partial charge in [0, 0.05) is 5.56 Å². The third kappa shape index (κ3) is 2.34. The molecule has 0 radical (unpaired) electrons. The van der Waals surface area contributed by atoms with Gasteiger partial charge in [-0.3, -0.25) is 5.41 Å². The van der Waals surface area contributed by atoms with Crippen molar-refractivity contribution in [2.45, 2.75) is 0 Å². The van der Waals surface area contributed by atoms with Crippen LogP contribution in [0.4, 0.5) is 0 Å². The van der Waals surface area contributed by atoms with Crippen molar-refractivity contribution < 1.29 is 0 Å². The fraction of sp³-hybridized carbons (Fsp3) is 0.0714. The summed E-state index contributed by atoms with van der Waals surface area (Å²) in [5.41, 5.74) is 3.38. The first-order valence-corrected chi connectivity index (χ1v) is 6.32. The van der Waals surface area contributed by atoms with Crippen LogP contribution in [0.3, 0.4) is 0 Å². The van der Waals surface area contributed by atoms with E-state index in [-0.39, 0.29) is 0 Å². The molecule has 1 N–H and O–H groups in total. The Hall–Kier alpha value is -1.54. The van der Waals surface area contributed by atoms with Gasteiger partial charge in [0.2, 0.25) is 0 Å². The standard InChI is InChI=1S/C14H13NS/c1-16-14(15)13-9-7-12(8-10-13)11-5-3-2-4-6-11/h2-10,15H,1H3. The number of hydrogen-bond acceptors (Lipinski definition) is 2. The zero-order chi connectivity index (χ0) is 11.4. The molecule has 2 aromatic rings. The molecule has 2 rings (SSSR count). The second-order valence-electron chi connectivity index (χ2n) is 3.48. The summed E-state index contributed by atoms with van der Waals surface area (Å²) in [7, 11) is 0. The molecule has 0 saturated heterocycles. The number of nitrogens with one attached hydrogen (secondary N) is 1. The molecule has 0 aliphatic carbocycles. The van der Waals surface area contributed by atoms with E-state index in [9.17, 15) is 0 Å². The van der Waals surface area contributed by atoms with Crippen molar-refractivity contribution >= 4 is 16.8 Å². The molecule has 80 valence electrons. The van der Waals surface area contributed by atoms with Gasteiger partial charge >= 0.3 is 0 Å². The molecule has 16 heavy (non-hydrogen) atoms. The fourth-order valence-electron chi connectivity index (χ4n) is 1.56. The Bertz CT molecular complexity index is 474. The monoisotopic (exact) mass is 227 g/mol. The number of thioether (sulfide) groups is 1. The Morgan fingerprint density at radius 3 is 2.00 bits per heavy atom. The van der Waals surface area contributed by atoms with Crippen LogP contribution >= 0.6 is 11.8 Å². The van der Waals surface area contributed by atoms with E-state index in [4.69, 9.17) is 5.41 Å². The second kappa shape index (κ2) is 4.99. The van der Waals surface area contributed by atoms with Gasteiger partial charge in [-0.15, -0.1) is 11.8 Å². The summed E-state index contributed by atoms with van der Waals surface area (Å²) in [6, 6.07) is 18.4. The fourth-order valence-corrected chi connectivity index (χ4v) is 1.93. The zero-order valence-corrected chi connectivity index (χ0v) is 9.92. The topological polar surface area (TPSA) is 23.9 Å². The van der Waals surface area contributed by atoms with E-state index in [1.165, 1.54) is 22.9 Å². The maximum Gasteiger partial charge on any atom is 0.0939 e. The molecule has 0 spiro atoms. The molecular weight excluding hydrogens is 214 g/mol. The molecule has 0 heterocycles. The van der Waals surface area contributed by atoms with Gasteiger partial charge < -0.3 is 0 Å². The van der Waals surface area contributed by atoms with Crippen molar-refractivity contribution in [1.29, 1.82) is 5.41 Å². The largest absolute Gasteiger partial charge is 0.293 e. The summed E-state index contributed by atoms with van der Waals surface area (Å²) in [5, 5.41) is 8.33. The van der Waals surface area contributed by atoms with Crippen molar-refractivity contribution in [2.24, 2.45) is 0 Å². The van der Waals surface area contributed by atoms with Crippen molar-refractivity contribution in [1.82, 2.24) is 0 Å². The summed E-state index contributed by atoms with van der Waals surface area (Å²) in [6.45, 7) is 0. The van der Waals surface area contributed by atoms with Crippen molar-refractivity contribution in [3.63, 3.8) is 0 Å². The molecule has 0 bridgehead atoms. The number of benzene rings is 2. The molecule has 2 aromatic carbocycles. The van der Waals surface area contributed by atoms with Gasteiger partial charge in [0.25, 0.3) is 0 Å². The lowest BCUT2D eigenvalue weighted by molar-refractivity contribution is 1.52. The highest BCUT2D eigenvalue weighted by Crippen LogP contribution is 2.20. The van der Waals surface area contributed by atoms with E-state index >= 15 is 0 Å². The molecule has 0 aromatic heterocycles. The first-order chi connectivity index (χ1) is 7.81. The van der Waals surface area contributed by atoms with Crippen LogP contribution in [0, 0.1) is 5.41 Å². The van der Waals surface area contributed by atoms with E-state index in [2.05, 4.69) is 24.3 Å². The zero-order valence-electron chi connectivity index (χ0n) is 9.10. The van der Waals surface area contributed by atoms with Gasteiger partial charge in [-0.25, -0.2) is 0 Å². The molecule has 0 atom stereocenters. The smallest absolute Gasteiger partial charge is 0.0939 e. The van der Waals surface area contributed by atoms with Crippen LogP contribution in [0.1, 0.15) is 5.56 Å². The minimum atomic E-state index is 0.611. The molecular formula is C14H13NS. The minimum absolute atomic E-state index is 0.611. The van der Waals surface area contributed by atoms with Gasteiger partial charge in [-0.1, -0.05) is 54.6 Å². The molecule has 2 heteroatoms. The van der Waals surface area contributed by atoms with E-state index in [1.54, 1.807) is 0 Å². The summed E-state index contributed by atoms with van der Waals surface area (Å²) in [5.74, 6) is 0. The average Bonchev–Trinajstić information content (AvgIpc) is 2.39. The molecule has 0 aliphatic rings. The number of hydrogen-bond donors (Lipinski definition) is 1. The van der Waals surface area contributed by atoms with Gasteiger partial charge in [0.15, 0.2) is 0 Å². The summed E-state index contributed by atoms with van der Waals surface area (Å²) in [6.07, 6.45) is 1.92. The van der Waals surface area contributed by atoms with Crippen LogP contribution in [0.5, 0.6) is 0 Å². The van der Waals surface area contributed by atoms with Gasteiger partial charge in [0.05, 0.1) is 5.04 Å². The molecule has 0 amide bonds. The summed E-state index contributed by atoms with van der Waals surface area (Å²) >= 11 is 1.46. The lowest BCUT2D eigenvalue weighted by Crippen LogP contribution is -1.91. The lowest BCUT2D eigenvalue weighted by Gasteiger charge is -2.04. The first-order valence-electron chi connectivity index (χ1n) is 5.09. The molecule has 1 nitrogen and oxygen atoms in total. The number of rotatable bonds is 2. The predicted octanol–water partition coefficient (Wildman–Crippen LogP) is 4.04. The minimum Gasteiger partial charge on any atom is -0.293 e. The maximum atomic E-state index is 7.72. The molecule has 0 unspecified atom stereocenters. The third-order valence-electron chi connectivity index (χ3n) is 2.46. The highest BCUT2D eigenvalue weighted by Gasteiger charge is 2.00. The van der Waals surface area contributed by atoms with E-state index < -0.39 is 0 Å². The third-order valence-corrected chi connectivity index (χ3v) is 3.10. The lowest BCUT2D eigenvalue weighted by atomic mass is 10.0. The Morgan fingerprint density at radius 2 is 1.44 bits per heavy atom. The summed E-state index contributed by atoms with van der Waals surface area (Å²) < 4.78 is 0. The first kappa shape index (κ1) is 11.0. The van der Waals surface area contributed by atoms with Gasteiger partial charge in [-0.2, -0.15) is 0 Å². The van der Waals surface area contributed by atoms with Crippen molar-refractivity contribution in [3.8, 4) is 11.1 Å². The van der Waals surface area contributed by atoms with Crippen LogP contribution in [-0.2, 0) is 0 Å². The SMILES string of the molecule is CSC(=N)c1ccc(-c2ccccc2)cc1. The highest BCUT2D eigenvalue weighted by molar-refractivity contribution is 8.13. The van der Waals surface area contributed by atoms with E-state index in [0.717, 1.165) is 5.56 Å². The summed E-state index contributed by atoms with van der Waals surface area (Å²) in [4.78, 5) is 0. The van der Waals surface area contributed by atoms with E-state index in [1.807, 2.05) is 36.6 Å². The van der Waals surface area contributed by atoms with Crippen molar-refractivity contribution in [2.75, 3.05) is 6.26 Å². The predicted molar refractivity (Wildman–Crippen MR) is 72.2 cm³/mol. The van der Waals surface area contributed by atoms with E-state index in [0.29, 0.717) is 5.04 Å². The Morgan fingerprint density at radius 1 is 0.875 bits per heavy atom. The Labute approximate surface area is 100 Å². The van der Waals surface area contributed by atoms with Crippen molar-refractivity contribution in [3.05, 3.63) is 60.2 Å². The normalized spacial score (nSPS) is 10.1. The van der Waals surface area contributed by atoms with Crippen LogP contribution in [0.2, 0.25) is 0 Å². The van der Waals surface area contributed by atoms with Crippen LogP contribution in [0.25, 0.3) is 11.1 Å². The molecule has 0 aliphatic heterocycles.